The molecule has 1 aromatic rings. The van der Waals surface area contributed by atoms with Gasteiger partial charge in [-0.1, -0.05) is 0 Å². The van der Waals surface area contributed by atoms with Gasteiger partial charge in [0.2, 0.25) is 0 Å². The van der Waals surface area contributed by atoms with Crippen molar-refractivity contribution in [2.75, 3.05) is 0 Å². The summed E-state index contributed by atoms with van der Waals surface area (Å²) < 4.78 is 55.3. The van der Waals surface area contributed by atoms with Crippen molar-refractivity contribution in [3.05, 3.63) is 23.8 Å². The van der Waals surface area contributed by atoms with Crippen LogP contribution in [0.4, 0.5) is 17.6 Å². The van der Waals surface area contributed by atoms with Crippen LogP contribution < -0.4 is 9.47 Å². The minimum absolute atomic E-state index is 0.204. The second-order valence-electron chi connectivity index (χ2n) is 2.57. The van der Waals surface area contributed by atoms with E-state index in [0.29, 0.717) is 0 Å². The van der Waals surface area contributed by atoms with Gasteiger partial charge in [-0.05, 0) is 18.2 Å². The van der Waals surface area contributed by atoms with Crippen molar-refractivity contribution in [3.8, 4) is 11.5 Å². The predicted octanol–water partition coefficient (Wildman–Crippen LogP) is 2.70. The van der Waals surface area contributed by atoms with E-state index in [1.807, 2.05) is 0 Å². The summed E-state index contributed by atoms with van der Waals surface area (Å²) in [5.74, 6) is -0.703. The minimum Gasteiger partial charge on any atom is -0.435 e. The highest BCUT2D eigenvalue weighted by Gasteiger charge is 2.12. The summed E-state index contributed by atoms with van der Waals surface area (Å²) in [6.07, 6.45) is 0.204. The van der Waals surface area contributed by atoms with E-state index in [1.165, 1.54) is 0 Å². The number of carbonyl (C=O) groups excluding carboxylic acids is 1. The molecule has 0 spiro atoms. The summed E-state index contributed by atoms with van der Waals surface area (Å²) in [4.78, 5) is 10.5. The second kappa shape index (κ2) is 5.34. The van der Waals surface area contributed by atoms with Crippen molar-refractivity contribution in [3.63, 3.8) is 0 Å². The first-order valence-corrected chi connectivity index (χ1v) is 4.01. The molecule has 0 aliphatic carbocycles. The standard InChI is InChI=1S/C9H6F4O3/c10-8(11)15-6-1-2-7(16-9(12)13)5(3-6)4-14/h1-4,8-9H. The van der Waals surface area contributed by atoms with Gasteiger partial charge in [0, 0.05) is 0 Å². The molecule has 0 heterocycles. The molecular weight excluding hydrogens is 232 g/mol. The van der Waals surface area contributed by atoms with Crippen LogP contribution in [0.2, 0.25) is 0 Å². The molecule has 0 amide bonds. The maximum atomic E-state index is 11.9. The number of alkyl halides is 4. The van der Waals surface area contributed by atoms with Crippen LogP contribution in [0.5, 0.6) is 11.5 Å². The molecule has 3 nitrogen and oxygen atoms in total. The molecule has 0 radical (unpaired) electrons. The maximum absolute atomic E-state index is 11.9. The number of hydrogen-bond donors (Lipinski definition) is 0. The predicted molar refractivity (Wildman–Crippen MR) is 45.1 cm³/mol. The zero-order chi connectivity index (χ0) is 12.1. The molecule has 0 saturated heterocycles. The number of ether oxygens (including phenoxy) is 2. The molecule has 0 fully saturated rings. The third kappa shape index (κ3) is 3.41. The van der Waals surface area contributed by atoms with Crippen LogP contribution >= 0.6 is 0 Å². The lowest BCUT2D eigenvalue weighted by Crippen LogP contribution is -2.06. The van der Waals surface area contributed by atoms with E-state index in [9.17, 15) is 22.4 Å². The topological polar surface area (TPSA) is 35.5 Å². The van der Waals surface area contributed by atoms with Crippen molar-refractivity contribution in [1.29, 1.82) is 0 Å². The molecule has 0 saturated carbocycles. The van der Waals surface area contributed by atoms with Gasteiger partial charge in [0.15, 0.2) is 6.29 Å². The molecule has 0 aromatic heterocycles. The molecule has 1 rings (SSSR count). The van der Waals surface area contributed by atoms with Gasteiger partial charge in [-0.25, -0.2) is 0 Å². The van der Waals surface area contributed by atoms with Crippen molar-refractivity contribution in [2.45, 2.75) is 13.2 Å². The second-order valence-corrected chi connectivity index (χ2v) is 2.57. The molecular formula is C9H6F4O3. The number of aldehydes is 1. The monoisotopic (exact) mass is 238 g/mol. The molecule has 0 aliphatic rings. The summed E-state index contributed by atoms with van der Waals surface area (Å²) in [6.45, 7) is -6.15. The average molecular weight is 238 g/mol. The fourth-order valence-electron chi connectivity index (χ4n) is 0.998. The lowest BCUT2D eigenvalue weighted by Gasteiger charge is -2.09. The van der Waals surface area contributed by atoms with Crippen molar-refractivity contribution in [2.24, 2.45) is 0 Å². The summed E-state index contributed by atoms with van der Waals surface area (Å²) in [5, 5.41) is 0. The lowest BCUT2D eigenvalue weighted by molar-refractivity contribution is -0.0531. The smallest absolute Gasteiger partial charge is 0.387 e. The SMILES string of the molecule is O=Cc1cc(OC(F)F)ccc1OC(F)F. The van der Waals surface area contributed by atoms with Gasteiger partial charge in [-0.15, -0.1) is 0 Å². The first kappa shape index (κ1) is 12.3. The molecule has 16 heavy (non-hydrogen) atoms. The number of rotatable bonds is 5. The summed E-state index contributed by atoms with van der Waals surface area (Å²) >= 11 is 0. The molecule has 0 aliphatic heterocycles. The van der Waals surface area contributed by atoms with E-state index < -0.39 is 19.0 Å². The van der Waals surface area contributed by atoms with Crippen molar-refractivity contribution < 1.29 is 31.8 Å². The van der Waals surface area contributed by atoms with E-state index in [-0.39, 0.29) is 17.6 Å². The number of hydrogen-bond acceptors (Lipinski definition) is 3. The summed E-state index contributed by atoms with van der Waals surface area (Å²) in [5.41, 5.74) is -0.293. The van der Waals surface area contributed by atoms with Crippen LogP contribution in [-0.2, 0) is 0 Å². The number of benzene rings is 1. The molecule has 1 aromatic carbocycles. The lowest BCUT2D eigenvalue weighted by atomic mass is 10.2. The Morgan fingerprint density at radius 2 is 1.69 bits per heavy atom. The normalized spacial score (nSPS) is 10.6. The van der Waals surface area contributed by atoms with Gasteiger partial charge in [0.1, 0.15) is 11.5 Å². The fourth-order valence-corrected chi connectivity index (χ4v) is 0.998. The van der Waals surface area contributed by atoms with Gasteiger partial charge >= 0.3 is 13.2 Å². The molecule has 0 bridgehead atoms. The molecule has 88 valence electrons. The Morgan fingerprint density at radius 1 is 1.06 bits per heavy atom. The first-order chi connectivity index (χ1) is 7.52. The molecule has 0 N–H and O–H groups in total. The van der Waals surface area contributed by atoms with Gasteiger partial charge in [-0.2, -0.15) is 17.6 Å². The highest BCUT2D eigenvalue weighted by atomic mass is 19.3. The average Bonchev–Trinajstić information content (AvgIpc) is 2.18. The van der Waals surface area contributed by atoms with Gasteiger partial charge < -0.3 is 9.47 Å². The van der Waals surface area contributed by atoms with E-state index in [1.54, 1.807) is 0 Å². The Labute approximate surface area is 87.6 Å². The van der Waals surface area contributed by atoms with Crippen molar-refractivity contribution in [1.82, 2.24) is 0 Å². The van der Waals surface area contributed by atoms with Crippen LogP contribution in [0.3, 0.4) is 0 Å². The Bertz CT molecular complexity index is 368. The Morgan fingerprint density at radius 3 is 2.19 bits per heavy atom. The van der Waals surface area contributed by atoms with E-state index >= 15 is 0 Å². The molecule has 0 atom stereocenters. The Balaban J connectivity index is 2.92. The van der Waals surface area contributed by atoms with Gasteiger partial charge in [0.25, 0.3) is 0 Å². The largest absolute Gasteiger partial charge is 0.435 e. The van der Waals surface area contributed by atoms with Gasteiger partial charge in [0.05, 0.1) is 5.56 Å². The van der Waals surface area contributed by atoms with Crippen LogP contribution in [0.25, 0.3) is 0 Å². The summed E-state index contributed by atoms with van der Waals surface area (Å²) in [6, 6.07) is 2.83. The Hall–Kier alpha value is -1.79. The third-order valence-corrected chi connectivity index (χ3v) is 1.55. The number of carbonyl (C=O) groups is 1. The van der Waals surface area contributed by atoms with E-state index in [0.717, 1.165) is 18.2 Å². The minimum atomic E-state index is -3.10. The van der Waals surface area contributed by atoms with E-state index in [4.69, 9.17) is 0 Å². The van der Waals surface area contributed by atoms with Crippen LogP contribution in [-0.4, -0.2) is 19.5 Å². The van der Waals surface area contributed by atoms with Crippen LogP contribution in [0.1, 0.15) is 10.4 Å². The quantitative estimate of drug-likeness (QED) is 0.584. The van der Waals surface area contributed by atoms with Crippen LogP contribution in [0, 0.1) is 0 Å². The van der Waals surface area contributed by atoms with Crippen molar-refractivity contribution >= 4 is 6.29 Å². The third-order valence-electron chi connectivity index (χ3n) is 1.55. The number of halogens is 4. The Kier molecular flexibility index (Phi) is 4.10. The zero-order valence-corrected chi connectivity index (χ0v) is 7.70. The fraction of sp³-hybridized carbons (Fsp3) is 0.222. The first-order valence-electron chi connectivity index (χ1n) is 4.01. The highest BCUT2D eigenvalue weighted by molar-refractivity contribution is 5.80. The van der Waals surface area contributed by atoms with Crippen LogP contribution in [0.15, 0.2) is 18.2 Å². The zero-order valence-electron chi connectivity index (χ0n) is 7.70. The van der Waals surface area contributed by atoms with Gasteiger partial charge in [-0.3, -0.25) is 4.79 Å². The highest BCUT2D eigenvalue weighted by Crippen LogP contribution is 2.25. The molecule has 7 heteroatoms. The molecule has 0 unspecified atom stereocenters. The summed E-state index contributed by atoms with van der Waals surface area (Å²) in [7, 11) is 0. The maximum Gasteiger partial charge on any atom is 0.387 e. The van der Waals surface area contributed by atoms with E-state index in [2.05, 4.69) is 9.47 Å².